The molecular weight excluding hydrogens is 252 g/mol. The van der Waals surface area contributed by atoms with E-state index in [0.717, 1.165) is 10.6 Å². The highest BCUT2D eigenvalue weighted by Crippen LogP contribution is 2.23. The minimum Gasteiger partial charge on any atom is -0.254 e. The van der Waals surface area contributed by atoms with E-state index >= 15 is 0 Å². The largest absolute Gasteiger partial charge is 0.254 e. The van der Waals surface area contributed by atoms with Gasteiger partial charge in [0.05, 0.1) is 15.8 Å². The van der Waals surface area contributed by atoms with Gasteiger partial charge in [-0.2, -0.15) is 5.26 Å². The third-order valence-electron chi connectivity index (χ3n) is 2.21. The van der Waals surface area contributed by atoms with Gasteiger partial charge in [-0.05, 0) is 5.56 Å². The van der Waals surface area contributed by atoms with E-state index in [4.69, 9.17) is 5.26 Å². The van der Waals surface area contributed by atoms with E-state index in [9.17, 15) is 4.21 Å². The molecule has 1 heterocycles. The molecule has 0 amide bonds. The van der Waals surface area contributed by atoms with Crippen molar-refractivity contribution in [2.24, 2.45) is 0 Å². The number of rotatable bonds is 3. The quantitative estimate of drug-likeness (QED) is 0.853. The van der Waals surface area contributed by atoms with Gasteiger partial charge in [-0.1, -0.05) is 30.3 Å². The molecule has 2 rings (SSSR count). The molecule has 0 fully saturated rings. The second-order valence-corrected chi connectivity index (χ2v) is 6.13. The summed E-state index contributed by atoms with van der Waals surface area (Å²) >= 11 is 1.35. The van der Waals surface area contributed by atoms with E-state index < -0.39 is 10.8 Å². The van der Waals surface area contributed by atoms with Crippen molar-refractivity contribution < 1.29 is 4.21 Å². The SMILES string of the molecule is CS(=O)c1sc(Cc2ccccc2)nc1C#N. The number of hydrogen-bond donors (Lipinski definition) is 0. The minimum absolute atomic E-state index is 0.293. The first-order valence-electron chi connectivity index (χ1n) is 4.98. The number of thiazole rings is 1. The third kappa shape index (κ3) is 2.78. The summed E-state index contributed by atoms with van der Waals surface area (Å²) < 4.78 is 12.0. The molecule has 86 valence electrons. The van der Waals surface area contributed by atoms with Gasteiger partial charge in [0.25, 0.3) is 0 Å². The van der Waals surface area contributed by atoms with Crippen LogP contribution in [0.25, 0.3) is 0 Å². The molecule has 1 unspecified atom stereocenters. The molecule has 0 aliphatic heterocycles. The highest BCUT2D eigenvalue weighted by Gasteiger charge is 2.13. The van der Waals surface area contributed by atoms with E-state index in [1.165, 1.54) is 11.3 Å². The smallest absolute Gasteiger partial charge is 0.167 e. The van der Waals surface area contributed by atoms with Gasteiger partial charge in [0.2, 0.25) is 0 Å². The van der Waals surface area contributed by atoms with Crippen molar-refractivity contribution in [1.29, 1.82) is 5.26 Å². The molecule has 0 N–H and O–H groups in total. The van der Waals surface area contributed by atoms with Gasteiger partial charge in [0, 0.05) is 12.7 Å². The summed E-state index contributed by atoms with van der Waals surface area (Å²) in [4.78, 5) is 4.21. The number of nitriles is 1. The van der Waals surface area contributed by atoms with Crippen LogP contribution in [0, 0.1) is 11.3 Å². The van der Waals surface area contributed by atoms with Gasteiger partial charge in [-0.3, -0.25) is 4.21 Å². The summed E-state index contributed by atoms with van der Waals surface area (Å²) in [6.07, 6.45) is 2.25. The topological polar surface area (TPSA) is 53.8 Å². The van der Waals surface area contributed by atoms with Crippen molar-refractivity contribution in [3.8, 4) is 6.07 Å². The molecule has 0 spiro atoms. The van der Waals surface area contributed by atoms with Gasteiger partial charge >= 0.3 is 0 Å². The Morgan fingerprint density at radius 2 is 2.12 bits per heavy atom. The van der Waals surface area contributed by atoms with Crippen LogP contribution >= 0.6 is 11.3 Å². The van der Waals surface area contributed by atoms with Crippen molar-refractivity contribution in [3.05, 3.63) is 46.6 Å². The van der Waals surface area contributed by atoms with Gasteiger partial charge in [-0.25, -0.2) is 4.98 Å². The van der Waals surface area contributed by atoms with Gasteiger partial charge in [-0.15, -0.1) is 11.3 Å². The van der Waals surface area contributed by atoms with Crippen LogP contribution in [-0.2, 0) is 17.2 Å². The molecule has 1 aromatic heterocycles. The van der Waals surface area contributed by atoms with Crippen molar-refractivity contribution in [2.75, 3.05) is 6.26 Å². The fraction of sp³-hybridized carbons (Fsp3) is 0.167. The van der Waals surface area contributed by atoms with E-state index in [-0.39, 0.29) is 0 Å². The maximum Gasteiger partial charge on any atom is 0.167 e. The van der Waals surface area contributed by atoms with Crippen molar-refractivity contribution >= 4 is 22.1 Å². The van der Waals surface area contributed by atoms with Crippen LogP contribution in [0.5, 0.6) is 0 Å². The molecule has 17 heavy (non-hydrogen) atoms. The predicted octanol–water partition coefficient (Wildman–Crippen LogP) is 2.34. The number of aromatic nitrogens is 1. The number of benzene rings is 1. The zero-order chi connectivity index (χ0) is 12.3. The second-order valence-electron chi connectivity index (χ2n) is 3.47. The highest BCUT2D eigenvalue weighted by molar-refractivity contribution is 7.86. The van der Waals surface area contributed by atoms with Crippen LogP contribution in [0.1, 0.15) is 16.3 Å². The zero-order valence-corrected chi connectivity index (χ0v) is 10.8. The first-order chi connectivity index (χ1) is 8.20. The Hall–Kier alpha value is -1.51. The lowest BCUT2D eigenvalue weighted by atomic mass is 10.2. The van der Waals surface area contributed by atoms with Crippen LogP contribution in [0.2, 0.25) is 0 Å². The predicted molar refractivity (Wildman–Crippen MR) is 68.4 cm³/mol. The zero-order valence-electron chi connectivity index (χ0n) is 9.21. The number of hydrogen-bond acceptors (Lipinski definition) is 4. The Balaban J connectivity index is 2.30. The lowest BCUT2D eigenvalue weighted by Crippen LogP contribution is -1.88. The monoisotopic (exact) mass is 262 g/mol. The minimum atomic E-state index is -1.14. The standard InChI is InChI=1S/C12H10N2OS2/c1-17(15)12-10(8-13)14-11(16-12)7-9-5-3-2-4-6-9/h2-6H,7H2,1H3. The summed E-state index contributed by atoms with van der Waals surface area (Å²) in [5, 5.41) is 9.74. The van der Waals surface area contributed by atoms with Crippen LogP contribution in [0.4, 0.5) is 0 Å². The van der Waals surface area contributed by atoms with Gasteiger partial charge in [0.1, 0.15) is 10.3 Å². The Labute approximate surface area is 106 Å². The first kappa shape index (κ1) is 12.0. The lowest BCUT2D eigenvalue weighted by Gasteiger charge is -1.95. The van der Waals surface area contributed by atoms with Crippen LogP contribution in [0.15, 0.2) is 34.5 Å². The Bertz CT molecular complexity index is 584. The molecule has 0 aliphatic carbocycles. The van der Waals surface area contributed by atoms with E-state index in [1.807, 2.05) is 36.4 Å². The molecule has 5 heteroatoms. The fourth-order valence-electron chi connectivity index (χ4n) is 1.46. The molecule has 0 saturated carbocycles. The maximum absolute atomic E-state index is 11.4. The summed E-state index contributed by atoms with van der Waals surface area (Å²) in [5.41, 5.74) is 1.43. The third-order valence-corrected chi connectivity index (χ3v) is 4.73. The van der Waals surface area contributed by atoms with Crippen LogP contribution in [-0.4, -0.2) is 15.4 Å². The molecule has 0 aliphatic rings. The summed E-state index contributed by atoms with van der Waals surface area (Å²) in [5.74, 6) is 0. The summed E-state index contributed by atoms with van der Waals surface area (Å²) in [6.45, 7) is 0. The lowest BCUT2D eigenvalue weighted by molar-refractivity contribution is 0.687. The molecule has 0 radical (unpaired) electrons. The second kappa shape index (κ2) is 5.21. The number of nitrogens with zero attached hydrogens (tertiary/aromatic N) is 2. The van der Waals surface area contributed by atoms with Crippen molar-refractivity contribution in [2.45, 2.75) is 10.6 Å². The maximum atomic E-state index is 11.4. The fourth-order valence-corrected chi connectivity index (χ4v) is 3.36. The molecule has 0 bridgehead atoms. The van der Waals surface area contributed by atoms with Crippen molar-refractivity contribution in [1.82, 2.24) is 4.98 Å². The molecule has 1 atom stereocenters. The molecule has 2 aromatic rings. The van der Waals surface area contributed by atoms with E-state index in [2.05, 4.69) is 4.98 Å². The Morgan fingerprint density at radius 1 is 1.41 bits per heavy atom. The molecule has 3 nitrogen and oxygen atoms in total. The average Bonchev–Trinajstić information content (AvgIpc) is 2.73. The van der Waals surface area contributed by atoms with E-state index in [1.54, 1.807) is 6.26 Å². The van der Waals surface area contributed by atoms with Crippen LogP contribution < -0.4 is 0 Å². The molecule has 1 aromatic carbocycles. The molecular formula is C12H10N2OS2. The van der Waals surface area contributed by atoms with E-state index in [0.29, 0.717) is 16.3 Å². The van der Waals surface area contributed by atoms with Crippen molar-refractivity contribution in [3.63, 3.8) is 0 Å². The first-order valence-corrected chi connectivity index (χ1v) is 7.35. The van der Waals surface area contributed by atoms with Crippen LogP contribution in [0.3, 0.4) is 0 Å². The summed E-state index contributed by atoms with van der Waals surface area (Å²) in [6, 6.07) is 11.9. The Morgan fingerprint density at radius 3 is 2.65 bits per heavy atom. The summed E-state index contributed by atoms with van der Waals surface area (Å²) in [7, 11) is -1.14. The Kier molecular flexibility index (Phi) is 3.67. The average molecular weight is 262 g/mol. The van der Waals surface area contributed by atoms with Gasteiger partial charge < -0.3 is 0 Å². The highest BCUT2D eigenvalue weighted by atomic mass is 32.2. The normalized spacial score (nSPS) is 12.0. The molecule has 0 saturated heterocycles. The van der Waals surface area contributed by atoms with Gasteiger partial charge in [0.15, 0.2) is 5.69 Å².